The summed E-state index contributed by atoms with van der Waals surface area (Å²) in [5.41, 5.74) is 1.95. The minimum Gasteiger partial charge on any atom is -0.423 e. The number of ether oxygens (including phenoxy) is 1. The van der Waals surface area contributed by atoms with Crippen molar-refractivity contribution >= 4 is 34.9 Å². The van der Waals surface area contributed by atoms with Crippen LogP contribution in [-0.4, -0.2) is 29.4 Å². The fourth-order valence-electron chi connectivity index (χ4n) is 2.42. The summed E-state index contributed by atoms with van der Waals surface area (Å²) in [7, 11) is -1.08. The lowest BCUT2D eigenvalue weighted by Gasteiger charge is -2.16. The second kappa shape index (κ2) is 6.58. The number of hydrogen-bond donors (Lipinski definition) is 0. The number of rotatable bonds is 6. The molecule has 0 aliphatic heterocycles. The normalized spacial score (nSPS) is 12.2. The van der Waals surface area contributed by atoms with Gasteiger partial charge < -0.3 is 13.7 Å². The fourth-order valence-corrected chi connectivity index (χ4v) is 3.75. The summed E-state index contributed by atoms with van der Waals surface area (Å²) in [5, 5.41) is 8.92. The molecule has 0 fully saturated rings. The van der Waals surface area contributed by atoms with E-state index in [9.17, 15) is 0 Å². The molecule has 3 aromatic rings. The van der Waals surface area contributed by atoms with Gasteiger partial charge in [-0.3, -0.25) is 0 Å². The lowest BCUT2D eigenvalue weighted by atomic mass is 10.1. The first-order valence-electron chi connectivity index (χ1n) is 7.57. The highest BCUT2D eigenvalue weighted by atomic mass is 79.9. The summed E-state index contributed by atoms with van der Waals surface area (Å²) >= 11 is 3.62. The van der Waals surface area contributed by atoms with Gasteiger partial charge in [-0.15, -0.1) is 10.2 Å². The summed E-state index contributed by atoms with van der Waals surface area (Å²) in [6.07, 6.45) is 3.39. The smallest absolute Gasteiger partial charge is 0.249 e. The molecule has 0 saturated heterocycles. The van der Waals surface area contributed by atoms with Crippen molar-refractivity contribution in [1.29, 1.82) is 0 Å². The molecule has 0 aliphatic carbocycles. The van der Waals surface area contributed by atoms with Crippen LogP contribution in [0.1, 0.15) is 0 Å². The van der Waals surface area contributed by atoms with Crippen LogP contribution in [0.2, 0.25) is 25.7 Å². The summed E-state index contributed by atoms with van der Waals surface area (Å²) in [5.74, 6) is 0.518. The molecule has 0 saturated carbocycles. The predicted octanol–water partition coefficient (Wildman–Crippen LogP) is 4.77. The Balaban J connectivity index is 1.89. The molecule has 0 bridgehead atoms. The number of fused-ring (bicyclic) bond motifs is 1. The van der Waals surface area contributed by atoms with Gasteiger partial charge in [-0.25, -0.2) is 0 Å². The van der Waals surface area contributed by atoms with Crippen molar-refractivity contribution < 1.29 is 9.15 Å². The van der Waals surface area contributed by atoms with Crippen LogP contribution < -0.4 is 0 Å². The van der Waals surface area contributed by atoms with Gasteiger partial charge in [0.1, 0.15) is 6.73 Å². The molecule has 5 nitrogen and oxygen atoms in total. The molecule has 0 atom stereocenters. The fraction of sp³-hybridized carbons (Fsp3) is 0.375. The van der Waals surface area contributed by atoms with Crippen LogP contribution in [0.15, 0.2) is 39.7 Å². The van der Waals surface area contributed by atoms with Crippen LogP contribution in [0.3, 0.4) is 0 Å². The van der Waals surface area contributed by atoms with Gasteiger partial charge in [0.2, 0.25) is 12.3 Å². The largest absolute Gasteiger partial charge is 0.423 e. The van der Waals surface area contributed by atoms with E-state index in [1.165, 1.54) is 6.39 Å². The SMILES string of the molecule is C[Si](C)(C)CCOCn1cc(Br)c2cccc(-c3nnco3)c21. The van der Waals surface area contributed by atoms with E-state index < -0.39 is 8.07 Å². The van der Waals surface area contributed by atoms with Crippen molar-refractivity contribution in [1.82, 2.24) is 14.8 Å². The Bertz CT molecular complexity index is 794. The highest BCUT2D eigenvalue weighted by Crippen LogP contribution is 2.33. The standard InChI is InChI=1S/C16H20BrN3O2Si/c1-23(2,3)8-7-21-11-20-9-14(17)12-5-4-6-13(15(12)20)16-19-18-10-22-16/h4-6,9-10H,7-8,11H2,1-3H3. The molecule has 122 valence electrons. The highest BCUT2D eigenvalue weighted by molar-refractivity contribution is 9.10. The Morgan fingerprint density at radius 2 is 2.13 bits per heavy atom. The Kier molecular flexibility index (Phi) is 4.70. The van der Waals surface area contributed by atoms with Crippen LogP contribution in [-0.2, 0) is 11.5 Å². The first-order chi connectivity index (χ1) is 11.0. The zero-order chi connectivity index (χ0) is 16.4. The molecule has 1 aromatic carbocycles. The van der Waals surface area contributed by atoms with Crippen molar-refractivity contribution in [2.24, 2.45) is 0 Å². The molecule has 23 heavy (non-hydrogen) atoms. The maximum absolute atomic E-state index is 5.90. The number of para-hydroxylation sites is 1. The molecular formula is C16H20BrN3O2Si. The van der Waals surface area contributed by atoms with E-state index in [0.717, 1.165) is 33.6 Å². The van der Waals surface area contributed by atoms with Gasteiger partial charge in [0.25, 0.3) is 0 Å². The van der Waals surface area contributed by atoms with Crippen molar-refractivity contribution in [3.63, 3.8) is 0 Å². The van der Waals surface area contributed by atoms with E-state index in [2.05, 4.69) is 56.4 Å². The Morgan fingerprint density at radius 3 is 2.83 bits per heavy atom. The van der Waals surface area contributed by atoms with Crippen molar-refractivity contribution in [3.8, 4) is 11.5 Å². The van der Waals surface area contributed by atoms with E-state index in [4.69, 9.17) is 9.15 Å². The lowest BCUT2D eigenvalue weighted by molar-refractivity contribution is 0.0902. The Labute approximate surface area is 144 Å². The van der Waals surface area contributed by atoms with E-state index in [-0.39, 0.29) is 0 Å². The van der Waals surface area contributed by atoms with E-state index in [1.54, 1.807) is 0 Å². The van der Waals surface area contributed by atoms with Crippen LogP contribution in [0, 0.1) is 0 Å². The van der Waals surface area contributed by atoms with Gasteiger partial charge >= 0.3 is 0 Å². The third-order valence-corrected chi connectivity index (χ3v) is 6.00. The molecule has 0 aliphatic rings. The van der Waals surface area contributed by atoms with Gasteiger partial charge in [-0.05, 0) is 28.0 Å². The number of aromatic nitrogens is 3. The molecule has 0 radical (unpaired) electrons. The summed E-state index contributed by atoms with van der Waals surface area (Å²) < 4.78 is 14.4. The topological polar surface area (TPSA) is 53.1 Å². The van der Waals surface area contributed by atoms with Gasteiger partial charge in [-0.2, -0.15) is 0 Å². The Hall–Kier alpha value is -1.44. The average molecular weight is 394 g/mol. The zero-order valence-corrected chi connectivity index (χ0v) is 16.1. The molecule has 2 aromatic heterocycles. The molecular weight excluding hydrogens is 374 g/mol. The number of benzene rings is 1. The minimum absolute atomic E-state index is 0.512. The highest BCUT2D eigenvalue weighted by Gasteiger charge is 2.16. The summed E-state index contributed by atoms with van der Waals surface area (Å²) in [6.45, 7) is 8.36. The van der Waals surface area contributed by atoms with Crippen LogP contribution >= 0.6 is 15.9 Å². The summed E-state index contributed by atoms with van der Waals surface area (Å²) in [4.78, 5) is 0. The third kappa shape index (κ3) is 3.73. The second-order valence-corrected chi connectivity index (χ2v) is 13.2. The molecule has 3 rings (SSSR count). The third-order valence-electron chi connectivity index (χ3n) is 3.67. The monoisotopic (exact) mass is 393 g/mol. The minimum atomic E-state index is -1.08. The zero-order valence-electron chi connectivity index (χ0n) is 13.5. The Morgan fingerprint density at radius 1 is 1.30 bits per heavy atom. The predicted molar refractivity (Wildman–Crippen MR) is 97.0 cm³/mol. The van der Waals surface area contributed by atoms with E-state index in [1.807, 2.05) is 18.3 Å². The van der Waals surface area contributed by atoms with Crippen molar-refractivity contribution in [3.05, 3.63) is 35.3 Å². The van der Waals surface area contributed by atoms with Crippen molar-refractivity contribution in [2.45, 2.75) is 32.4 Å². The first kappa shape index (κ1) is 16.4. The number of nitrogens with zero attached hydrogens (tertiary/aromatic N) is 3. The second-order valence-electron chi connectivity index (χ2n) is 6.74. The van der Waals surface area contributed by atoms with E-state index in [0.29, 0.717) is 12.6 Å². The van der Waals surface area contributed by atoms with Crippen LogP contribution in [0.4, 0.5) is 0 Å². The molecule has 0 unspecified atom stereocenters. The maximum Gasteiger partial charge on any atom is 0.249 e. The quantitative estimate of drug-likeness (QED) is 0.447. The maximum atomic E-state index is 5.90. The van der Waals surface area contributed by atoms with Crippen molar-refractivity contribution in [2.75, 3.05) is 6.61 Å². The van der Waals surface area contributed by atoms with Gasteiger partial charge in [0.05, 0.1) is 11.1 Å². The first-order valence-corrected chi connectivity index (χ1v) is 12.1. The number of hydrogen-bond acceptors (Lipinski definition) is 4. The van der Waals surface area contributed by atoms with Crippen LogP contribution in [0.25, 0.3) is 22.4 Å². The molecule has 0 spiro atoms. The molecule has 2 heterocycles. The molecule has 7 heteroatoms. The molecule has 0 N–H and O–H groups in total. The van der Waals surface area contributed by atoms with Gasteiger partial charge in [0, 0.05) is 30.7 Å². The van der Waals surface area contributed by atoms with Gasteiger partial charge in [0.15, 0.2) is 0 Å². The number of halogens is 1. The van der Waals surface area contributed by atoms with Crippen LogP contribution in [0.5, 0.6) is 0 Å². The van der Waals surface area contributed by atoms with Gasteiger partial charge in [-0.1, -0.05) is 31.8 Å². The lowest BCUT2D eigenvalue weighted by Crippen LogP contribution is -2.22. The van der Waals surface area contributed by atoms with E-state index >= 15 is 0 Å². The molecule has 0 amide bonds. The average Bonchev–Trinajstić information content (AvgIpc) is 3.12. The summed E-state index contributed by atoms with van der Waals surface area (Å²) in [6, 6.07) is 7.20.